The van der Waals surface area contributed by atoms with Crippen LogP contribution in [0, 0.1) is 5.92 Å². The second-order valence-corrected chi connectivity index (χ2v) is 14.3. The number of amides is 5. The molecule has 0 saturated carbocycles. The van der Waals surface area contributed by atoms with Gasteiger partial charge in [0, 0.05) is 19.1 Å². The molecule has 4 N–H and O–H groups in total. The predicted octanol–water partition coefficient (Wildman–Crippen LogP) is 6.42. The predicted molar refractivity (Wildman–Crippen MR) is 201 cm³/mol. The number of methoxy groups -OCH3 is 2. The number of nitrogens with one attached hydrogen (secondary N) is 4. The topological polar surface area (TPSA) is 178 Å². The van der Waals surface area contributed by atoms with E-state index in [0.29, 0.717) is 18.9 Å². The molecule has 1 unspecified atom stereocenters. The van der Waals surface area contributed by atoms with Crippen LogP contribution in [-0.4, -0.2) is 98.3 Å². The van der Waals surface area contributed by atoms with Crippen LogP contribution in [-0.2, 0) is 14.3 Å². The number of imidazole rings is 2. The lowest BCUT2D eigenvalue weighted by atomic mass is 10.0. The molecule has 0 radical (unpaired) electrons. The van der Waals surface area contributed by atoms with Gasteiger partial charge in [0.1, 0.15) is 17.7 Å². The van der Waals surface area contributed by atoms with Crippen molar-refractivity contribution < 1.29 is 28.7 Å². The molecule has 4 aromatic rings. The van der Waals surface area contributed by atoms with Crippen molar-refractivity contribution in [3.8, 4) is 33.6 Å². The number of hydrazine groups is 1. The second kappa shape index (κ2) is 16.4. The van der Waals surface area contributed by atoms with E-state index >= 15 is 0 Å². The van der Waals surface area contributed by atoms with E-state index < -0.39 is 18.2 Å². The van der Waals surface area contributed by atoms with Crippen LogP contribution < -0.4 is 10.7 Å². The van der Waals surface area contributed by atoms with Crippen molar-refractivity contribution >= 4 is 24.1 Å². The Labute approximate surface area is 314 Å². The molecule has 5 amide bonds. The molecular formula is C39H49N9O6. The quantitative estimate of drug-likeness (QED) is 0.142. The van der Waals surface area contributed by atoms with Gasteiger partial charge in [-0.1, -0.05) is 62.4 Å². The fourth-order valence-corrected chi connectivity index (χ4v) is 7.14. The van der Waals surface area contributed by atoms with Gasteiger partial charge in [-0.25, -0.2) is 34.8 Å². The second-order valence-electron chi connectivity index (χ2n) is 14.3. The number of H-pyrrole nitrogens is 2. The molecule has 15 heteroatoms. The van der Waals surface area contributed by atoms with Crippen molar-refractivity contribution in [2.45, 2.75) is 77.5 Å². The van der Waals surface area contributed by atoms with E-state index in [9.17, 15) is 19.2 Å². The Balaban J connectivity index is 1.11. The number of carbonyl (C=O) groups excluding carboxylic acids is 4. The minimum atomic E-state index is -0.699. The highest BCUT2D eigenvalue weighted by molar-refractivity contribution is 5.86. The van der Waals surface area contributed by atoms with Crippen molar-refractivity contribution in [3.63, 3.8) is 0 Å². The summed E-state index contributed by atoms with van der Waals surface area (Å²) in [6, 6.07) is 14.7. The first-order chi connectivity index (χ1) is 26.0. The third-order valence-electron chi connectivity index (χ3n) is 10.1. The summed E-state index contributed by atoms with van der Waals surface area (Å²) in [5, 5.41) is 3.98. The Bertz CT molecular complexity index is 1800. The fraction of sp³-hybridized carbons (Fsp3) is 0.436. The van der Waals surface area contributed by atoms with Crippen LogP contribution in [0.4, 0.5) is 14.4 Å². The average molecular weight is 740 g/mol. The van der Waals surface area contributed by atoms with Crippen molar-refractivity contribution in [1.82, 2.24) is 45.5 Å². The zero-order valence-corrected chi connectivity index (χ0v) is 31.6. The van der Waals surface area contributed by atoms with E-state index in [1.54, 1.807) is 22.2 Å². The van der Waals surface area contributed by atoms with E-state index in [-0.39, 0.29) is 36.0 Å². The number of aromatic nitrogens is 4. The Morgan fingerprint density at radius 3 is 1.65 bits per heavy atom. The van der Waals surface area contributed by atoms with Gasteiger partial charge in [0.15, 0.2) is 0 Å². The van der Waals surface area contributed by atoms with Crippen molar-refractivity contribution in [2.75, 3.05) is 27.3 Å². The van der Waals surface area contributed by atoms with Gasteiger partial charge in [0.05, 0.1) is 50.1 Å². The number of benzene rings is 2. The van der Waals surface area contributed by atoms with Gasteiger partial charge in [-0.3, -0.25) is 4.79 Å². The number of ether oxygens (including phenoxy) is 2. The lowest BCUT2D eigenvalue weighted by Gasteiger charge is -2.33. The molecule has 0 spiro atoms. The lowest BCUT2D eigenvalue weighted by Crippen LogP contribution is -2.54. The molecular weight excluding hydrogens is 690 g/mol. The smallest absolute Gasteiger partial charge is 0.425 e. The summed E-state index contributed by atoms with van der Waals surface area (Å²) in [6.07, 6.45) is 5.46. The number of alkyl carbamates (subject to hydrolysis) is 1. The third-order valence-corrected chi connectivity index (χ3v) is 10.1. The number of hydrogen-bond donors (Lipinski definition) is 4. The van der Waals surface area contributed by atoms with Crippen molar-refractivity contribution in [2.24, 2.45) is 5.92 Å². The lowest BCUT2D eigenvalue weighted by molar-refractivity contribution is -0.135. The Kier molecular flexibility index (Phi) is 11.5. The zero-order chi connectivity index (χ0) is 38.5. The molecule has 6 rings (SSSR count). The SMILES string of the molecule is COC(=O)N[C@H](C(=O)N1CCC[C@H]1c1ncc(-c2ccc(-c3ccc(-c4cnc(C5CCCN5C(=O)N(NC(=O)OC)C(C)C)[nH]4)cc3)cc2)[nH]1)C(C)C. The summed E-state index contributed by atoms with van der Waals surface area (Å²) in [4.78, 5) is 70.5. The largest absolute Gasteiger partial charge is 0.453 e. The van der Waals surface area contributed by atoms with Gasteiger partial charge >= 0.3 is 18.2 Å². The van der Waals surface area contributed by atoms with Gasteiger partial charge < -0.3 is 34.6 Å². The number of nitrogens with zero attached hydrogens (tertiary/aromatic N) is 5. The van der Waals surface area contributed by atoms with Gasteiger partial charge in [0.2, 0.25) is 5.91 Å². The molecule has 2 aromatic heterocycles. The van der Waals surface area contributed by atoms with Crippen LogP contribution in [0.5, 0.6) is 0 Å². The minimum absolute atomic E-state index is 0.105. The molecule has 15 nitrogen and oxygen atoms in total. The van der Waals surface area contributed by atoms with E-state index in [1.165, 1.54) is 19.2 Å². The van der Waals surface area contributed by atoms with Crippen LogP contribution in [0.3, 0.4) is 0 Å². The van der Waals surface area contributed by atoms with Crippen LogP contribution in [0.25, 0.3) is 33.6 Å². The van der Waals surface area contributed by atoms with E-state index in [1.807, 2.05) is 52.0 Å². The monoisotopic (exact) mass is 739 g/mol. The van der Waals surface area contributed by atoms with Crippen LogP contribution >= 0.6 is 0 Å². The highest BCUT2D eigenvalue weighted by atomic mass is 16.5. The summed E-state index contributed by atoms with van der Waals surface area (Å²) in [7, 11) is 2.55. The van der Waals surface area contributed by atoms with Crippen molar-refractivity contribution in [1.29, 1.82) is 0 Å². The molecule has 54 heavy (non-hydrogen) atoms. The first kappa shape index (κ1) is 37.9. The molecule has 2 fully saturated rings. The van der Waals surface area contributed by atoms with Crippen LogP contribution in [0.2, 0.25) is 0 Å². The molecule has 3 atom stereocenters. The van der Waals surface area contributed by atoms with Gasteiger partial charge in [-0.2, -0.15) is 0 Å². The molecule has 2 saturated heterocycles. The molecule has 2 aliphatic rings. The molecule has 0 aliphatic carbocycles. The van der Waals surface area contributed by atoms with E-state index in [4.69, 9.17) is 9.47 Å². The number of hydrogen-bond acceptors (Lipinski definition) is 8. The van der Waals surface area contributed by atoms with E-state index in [2.05, 4.69) is 54.9 Å². The molecule has 286 valence electrons. The Hall–Kier alpha value is -5.86. The summed E-state index contributed by atoms with van der Waals surface area (Å²) < 4.78 is 9.46. The third kappa shape index (κ3) is 8.04. The summed E-state index contributed by atoms with van der Waals surface area (Å²) in [5.74, 6) is 1.17. The highest BCUT2D eigenvalue weighted by Crippen LogP contribution is 2.35. The average Bonchev–Trinajstić information content (AvgIpc) is 4.02. The Morgan fingerprint density at radius 2 is 1.19 bits per heavy atom. The standard InChI is InChI=1S/C39H49N9O6/c1-23(2)33(44-37(50)53-5)36(49)46-19-7-9-31(46)34-40-21-29(42-34)27-15-11-25(12-16-27)26-13-17-28(18-14-26)30-22-41-35(43-30)32-10-8-20-47(32)39(52)48(24(3)4)45-38(51)54-6/h11-18,21-24,31-33H,7-10,19-20H2,1-6H3,(H,40,42)(H,41,43)(H,44,50)(H,45,51)/t31-,32?,33-/m0/s1. The summed E-state index contributed by atoms with van der Waals surface area (Å²) in [5.41, 5.74) is 8.26. The van der Waals surface area contributed by atoms with Crippen molar-refractivity contribution in [3.05, 3.63) is 72.6 Å². The molecule has 2 aromatic carbocycles. The summed E-state index contributed by atoms with van der Waals surface area (Å²) in [6.45, 7) is 8.59. The number of likely N-dealkylation sites (tertiary alicyclic amines) is 2. The molecule has 2 aliphatic heterocycles. The summed E-state index contributed by atoms with van der Waals surface area (Å²) >= 11 is 0. The van der Waals surface area contributed by atoms with Gasteiger partial charge in [-0.05, 0) is 67.7 Å². The fourth-order valence-electron chi connectivity index (χ4n) is 7.14. The highest BCUT2D eigenvalue weighted by Gasteiger charge is 2.38. The Morgan fingerprint density at radius 1 is 0.722 bits per heavy atom. The minimum Gasteiger partial charge on any atom is -0.453 e. The maximum absolute atomic E-state index is 13.5. The molecule has 4 heterocycles. The normalized spacial score (nSPS) is 17.5. The first-order valence-corrected chi connectivity index (χ1v) is 18.4. The van der Waals surface area contributed by atoms with Crippen LogP contribution in [0.15, 0.2) is 60.9 Å². The number of rotatable bonds is 9. The zero-order valence-electron chi connectivity index (χ0n) is 31.6. The van der Waals surface area contributed by atoms with Gasteiger partial charge in [0.25, 0.3) is 0 Å². The first-order valence-electron chi connectivity index (χ1n) is 18.4. The van der Waals surface area contributed by atoms with E-state index in [0.717, 1.165) is 65.1 Å². The van der Waals surface area contributed by atoms with Gasteiger partial charge in [-0.15, -0.1) is 0 Å². The maximum Gasteiger partial charge on any atom is 0.425 e. The molecule has 0 bridgehead atoms. The number of carbonyl (C=O) groups is 4. The maximum atomic E-state index is 13.5. The van der Waals surface area contributed by atoms with Crippen LogP contribution in [0.1, 0.15) is 77.1 Å². The number of urea groups is 1. The number of aromatic amines is 2.